The van der Waals surface area contributed by atoms with E-state index in [-0.39, 0.29) is 23.6 Å². The number of pyridine rings is 1. The van der Waals surface area contributed by atoms with Crippen LogP contribution in [-0.4, -0.2) is 23.3 Å². The Labute approximate surface area is 140 Å². The van der Waals surface area contributed by atoms with Crippen molar-refractivity contribution in [1.82, 2.24) is 4.98 Å². The predicted molar refractivity (Wildman–Crippen MR) is 92.3 cm³/mol. The minimum absolute atomic E-state index is 0.0591. The van der Waals surface area contributed by atoms with E-state index >= 15 is 0 Å². The van der Waals surface area contributed by atoms with Crippen LogP contribution in [0.3, 0.4) is 0 Å². The Hall–Kier alpha value is -3.01. The van der Waals surface area contributed by atoms with E-state index in [0.29, 0.717) is 11.1 Å². The van der Waals surface area contributed by atoms with Gasteiger partial charge in [0.05, 0.1) is 17.7 Å². The number of nitrogens with zero attached hydrogens (tertiary/aromatic N) is 1. The van der Waals surface area contributed by atoms with Crippen LogP contribution in [0, 0.1) is 6.92 Å². The molecule has 0 unspecified atom stereocenters. The highest BCUT2D eigenvalue weighted by Gasteiger charge is 2.22. The maximum Gasteiger partial charge on any atom is 0.357 e. The van der Waals surface area contributed by atoms with Gasteiger partial charge in [0.2, 0.25) is 0 Å². The molecule has 0 aliphatic heterocycles. The van der Waals surface area contributed by atoms with Gasteiger partial charge in [-0.3, -0.25) is 4.79 Å². The van der Waals surface area contributed by atoms with Crippen molar-refractivity contribution in [2.45, 2.75) is 13.8 Å². The van der Waals surface area contributed by atoms with E-state index in [4.69, 9.17) is 4.74 Å². The second-order valence-corrected chi connectivity index (χ2v) is 5.50. The van der Waals surface area contributed by atoms with Crippen LogP contribution < -0.4 is 0 Å². The predicted octanol–water partition coefficient (Wildman–Crippen LogP) is 3.95. The van der Waals surface area contributed by atoms with Crippen molar-refractivity contribution in [3.63, 3.8) is 0 Å². The number of hydrogen-bond donors (Lipinski definition) is 0. The molecule has 0 aliphatic carbocycles. The lowest BCUT2D eigenvalue weighted by Crippen LogP contribution is -2.15. The molecule has 0 aliphatic rings. The average molecular weight is 319 g/mol. The number of benzene rings is 2. The topological polar surface area (TPSA) is 56.3 Å². The van der Waals surface area contributed by atoms with Crippen LogP contribution in [-0.2, 0) is 4.74 Å². The summed E-state index contributed by atoms with van der Waals surface area (Å²) < 4.78 is 5.08. The number of rotatable bonds is 4. The maximum atomic E-state index is 12.8. The van der Waals surface area contributed by atoms with Gasteiger partial charge in [-0.15, -0.1) is 0 Å². The SMILES string of the molecule is CCOC(=O)c1nc2cc(C)ccc2cc1C(=O)c1ccccc1. The van der Waals surface area contributed by atoms with Crippen molar-refractivity contribution in [2.24, 2.45) is 0 Å². The molecule has 0 atom stereocenters. The number of hydrogen-bond acceptors (Lipinski definition) is 4. The highest BCUT2D eigenvalue weighted by atomic mass is 16.5. The highest BCUT2D eigenvalue weighted by Crippen LogP contribution is 2.21. The molecule has 0 saturated carbocycles. The van der Waals surface area contributed by atoms with Gasteiger partial charge in [-0.05, 0) is 31.5 Å². The molecule has 0 fully saturated rings. The number of aromatic nitrogens is 1. The van der Waals surface area contributed by atoms with Crippen molar-refractivity contribution < 1.29 is 14.3 Å². The molecule has 2 aromatic carbocycles. The van der Waals surface area contributed by atoms with E-state index in [1.807, 2.05) is 31.2 Å². The molecule has 3 aromatic rings. The van der Waals surface area contributed by atoms with Gasteiger partial charge in [0.25, 0.3) is 0 Å². The van der Waals surface area contributed by atoms with Gasteiger partial charge in [-0.1, -0.05) is 42.5 Å². The molecule has 1 aromatic heterocycles. The molecule has 0 spiro atoms. The van der Waals surface area contributed by atoms with Crippen LogP contribution in [0.1, 0.15) is 38.9 Å². The van der Waals surface area contributed by atoms with Crippen LogP contribution in [0.5, 0.6) is 0 Å². The van der Waals surface area contributed by atoms with Crippen molar-refractivity contribution in [3.8, 4) is 0 Å². The maximum absolute atomic E-state index is 12.8. The highest BCUT2D eigenvalue weighted by molar-refractivity contribution is 6.15. The quantitative estimate of drug-likeness (QED) is 0.540. The van der Waals surface area contributed by atoms with E-state index in [1.165, 1.54) is 0 Å². The number of ether oxygens (including phenoxy) is 1. The van der Waals surface area contributed by atoms with Crippen LogP contribution >= 0.6 is 0 Å². The fraction of sp³-hybridized carbons (Fsp3) is 0.150. The standard InChI is InChI=1S/C20H17NO3/c1-3-24-20(23)18-16(19(22)14-7-5-4-6-8-14)12-15-10-9-13(2)11-17(15)21-18/h4-12H,3H2,1-2H3. The number of ketones is 1. The Morgan fingerprint density at radius 3 is 2.50 bits per heavy atom. The first-order valence-electron chi connectivity index (χ1n) is 7.78. The zero-order valence-electron chi connectivity index (χ0n) is 13.6. The van der Waals surface area contributed by atoms with E-state index < -0.39 is 5.97 Å². The molecule has 4 nitrogen and oxygen atoms in total. The molecule has 4 heteroatoms. The summed E-state index contributed by atoms with van der Waals surface area (Å²) in [6.45, 7) is 3.90. The van der Waals surface area contributed by atoms with Gasteiger partial charge in [0.1, 0.15) is 0 Å². The minimum atomic E-state index is -0.583. The molecule has 1 heterocycles. The lowest BCUT2D eigenvalue weighted by atomic mass is 9.99. The van der Waals surface area contributed by atoms with Gasteiger partial charge in [0.15, 0.2) is 11.5 Å². The first kappa shape index (κ1) is 15.9. The lowest BCUT2D eigenvalue weighted by molar-refractivity contribution is 0.0517. The summed E-state index contributed by atoms with van der Waals surface area (Å²) in [5.41, 5.74) is 2.53. The van der Waals surface area contributed by atoms with Crippen LogP contribution in [0.4, 0.5) is 0 Å². The Balaban J connectivity index is 2.20. The third-order valence-corrected chi connectivity index (χ3v) is 3.72. The summed E-state index contributed by atoms with van der Waals surface area (Å²) in [6.07, 6.45) is 0. The molecular formula is C20H17NO3. The first-order valence-corrected chi connectivity index (χ1v) is 7.78. The molecular weight excluding hydrogens is 302 g/mol. The third-order valence-electron chi connectivity index (χ3n) is 3.72. The van der Waals surface area contributed by atoms with Gasteiger partial charge < -0.3 is 4.74 Å². The van der Waals surface area contributed by atoms with Crippen LogP contribution in [0.2, 0.25) is 0 Å². The molecule has 0 radical (unpaired) electrons. The second-order valence-electron chi connectivity index (χ2n) is 5.50. The first-order chi connectivity index (χ1) is 11.6. The third kappa shape index (κ3) is 3.04. The van der Waals surface area contributed by atoms with E-state index in [9.17, 15) is 9.59 Å². The summed E-state index contributed by atoms with van der Waals surface area (Å²) >= 11 is 0. The normalized spacial score (nSPS) is 10.6. The zero-order chi connectivity index (χ0) is 17.1. The summed E-state index contributed by atoms with van der Waals surface area (Å²) in [6, 6.07) is 16.3. The molecule has 120 valence electrons. The van der Waals surface area contributed by atoms with E-state index in [0.717, 1.165) is 10.9 Å². The van der Waals surface area contributed by atoms with Crippen LogP contribution in [0.25, 0.3) is 10.9 Å². The number of carbonyl (C=O) groups excluding carboxylic acids is 2. The Morgan fingerprint density at radius 2 is 1.79 bits per heavy atom. The van der Waals surface area contributed by atoms with E-state index in [1.54, 1.807) is 37.3 Å². The van der Waals surface area contributed by atoms with Crippen LogP contribution in [0.15, 0.2) is 54.6 Å². The minimum Gasteiger partial charge on any atom is -0.461 e. The monoisotopic (exact) mass is 319 g/mol. The van der Waals surface area contributed by atoms with Crippen molar-refractivity contribution >= 4 is 22.7 Å². The lowest BCUT2D eigenvalue weighted by Gasteiger charge is -2.10. The number of carbonyl (C=O) groups is 2. The summed E-state index contributed by atoms with van der Waals surface area (Å²) in [4.78, 5) is 29.5. The molecule has 0 amide bonds. The Kier molecular flexibility index (Phi) is 4.38. The number of aryl methyl sites for hydroxylation is 1. The fourth-order valence-electron chi connectivity index (χ4n) is 2.55. The molecule has 0 saturated heterocycles. The smallest absolute Gasteiger partial charge is 0.357 e. The van der Waals surface area contributed by atoms with Crippen molar-refractivity contribution in [1.29, 1.82) is 0 Å². The fourth-order valence-corrected chi connectivity index (χ4v) is 2.55. The summed E-state index contributed by atoms with van der Waals surface area (Å²) in [7, 11) is 0. The number of fused-ring (bicyclic) bond motifs is 1. The van der Waals surface area contributed by atoms with Gasteiger partial charge in [0, 0.05) is 10.9 Å². The van der Waals surface area contributed by atoms with E-state index in [2.05, 4.69) is 4.98 Å². The largest absolute Gasteiger partial charge is 0.461 e. The Bertz CT molecular complexity index is 917. The van der Waals surface area contributed by atoms with Gasteiger partial charge >= 0.3 is 5.97 Å². The van der Waals surface area contributed by atoms with Crippen molar-refractivity contribution in [3.05, 3.63) is 77.0 Å². The summed E-state index contributed by atoms with van der Waals surface area (Å²) in [5, 5.41) is 0.813. The summed E-state index contributed by atoms with van der Waals surface area (Å²) in [5.74, 6) is -0.825. The molecule has 0 bridgehead atoms. The Morgan fingerprint density at radius 1 is 1.04 bits per heavy atom. The average Bonchev–Trinajstić information content (AvgIpc) is 2.61. The second kappa shape index (κ2) is 6.62. The van der Waals surface area contributed by atoms with Crippen molar-refractivity contribution in [2.75, 3.05) is 6.61 Å². The molecule has 24 heavy (non-hydrogen) atoms. The molecule has 3 rings (SSSR count). The number of esters is 1. The zero-order valence-corrected chi connectivity index (χ0v) is 13.6. The molecule has 0 N–H and O–H groups in total. The van der Waals surface area contributed by atoms with Gasteiger partial charge in [-0.2, -0.15) is 0 Å². The van der Waals surface area contributed by atoms with Gasteiger partial charge in [-0.25, -0.2) is 9.78 Å².